The molecule has 3 aromatic rings. The molecule has 4 rings (SSSR count). The summed E-state index contributed by atoms with van der Waals surface area (Å²) >= 11 is 0. The molecule has 1 atom stereocenters. The number of hydrogen-bond acceptors (Lipinski definition) is 3. The lowest BCUT2D eigenvalue weighted by atomic mass is 9.92. The van der Waals surface area contributed by atoms with Gasteiger partial charge >= 0.3 is 6.03 Å². The molecule has 32 heavy (non-hydrogen) atoms. The smallest absolute Gasteiger partial charge is 0.312 e. The first-order chi connectivity index (χ1) is 15.2. The van der Waals surface area contributed by atoms with Gasteiger partial charge in [-0.3, -0.25) is 0 Å². The Balaban J connectivity index is 1.82. The van der Waals surface area contributed by atoms with Crippen molar-refractivity contribution < 1.29 is 17.6 Å². The molecule has 0 saturated carbocycles. The average molecular weight is 453 g/mol. The molecule has 2 amide bonds. The molecule has 0 N–H and O–H groups in total. The van der Waals surface area contributed by atoms with Gasteiger partial charge in [-0.2, -0.15) is 0 Å². The van der Waals surface area contributed by atoms with Gasteiger partial charge in [0, 0.05) is 6.04 Å². The van der Waals surface area contributed by atoms with E-state index in [1.807, 2.05) is 51.1 Å². The Hall–Kier alpha value is -3.19. The van der Waals surface area contributed by atoms with Crippen LogP contribution in [0.25, 0.3) is 11.1 Å². The van der Waals surface area contributed by atoms with E-state index < -0.39 is 27.9 Å². The topological polar surface area (TPSA) is 57.7 Å². The van der Waals surface area contributed by atoms with Gasteiger partial charge in [-0.15, -0.1) is 0 Å². The Labute approximate surface area is 188 Å². The minimum absolute atomic E-state index is 0.0543. The normalized spacial score (nSPS) is 16.8. The quantitative estimate of drug-likeness (QED) is 0.522. The predicted octanol–water partition coefficient (Wildman–Crippen LogP) is 5.38. The SMILES string of the molecule is Cc1c(-c2ccccc2)cc(F)cc1C1CN(S(=O)(=O)c2ccccc2)C(=O)N1C(C)C. The highest BCUT2D eigenvalue weighted by atomic mass is 32.2. The lowest BCUT2D eigenvalue weighted by Gasteiger charge is -2.29. The molecule has 1 aliphatic rings. The van der Waals surface area contributed by atoms with Gasteiger partial charge < -0.3 is 4.90 Å². The van der Waals surface area contributed by atoms with E-state index in [0.29, 0.717) is 5.56 Å². The van der Waals surface area contributed by atoms with Gasteiger partial charge in [-0.1, -0.05) is 48.5 Å². The number of carbonyl (C=O) groups excluding carboxylic acids is 1. The van der Waals surface area contributed by atoms with E-state index in [1.54, 1.807) is 18.2 Å². The number of hydrogen-bond donors (Lipinski definition) is 0. The van der Waals surface area contributed by atoms with Gasteiger partial charge in [0.05, 0.1) is 17.5 Å². The second-order valence-corrected chi connectivity index (χ2v) is 10.0. The minimum atomic E-state index is -4.03. The summed E-state index contributed by atoms with van der Waals surface area (Å²) in [6, 6.07) is 18.8. The second-order valence-electron chi connectivity index (χ2n) is 8.18. The number of urea groups is 1. The zero-order valence-electron chi connectivity index (χ0n) is 18.2. The fraction of sp³-hybridized carbons (Fsp3) is 0.240. The van der Waals surface area contributed by atoms with Gasteiger partial charge in [0.25, 0.3) is 10.0 Å². The van der Waals surface area contributed by atoms with Crippen molar-refractivity contribution in [2.45, 2.75) is 37.8 Å². The standard InChI is InChI=1S/C25H25FN2O3S/c1-17(2)28-24(16-27(25(28)29)32(30,31)21-12-8-5-9-13-21)23-15-20(26)14-22(18(23)3)19-10-6-4-7-11-19/h4-15,17,24H,16H2,1-3H3. The molecular formula is C25H25FN2O3S. The third-order valence-corrected chi connectivity index (χ3v) is 7.61. The Bertz CT molecular complexity index is 1240. The second kappa shape index (κ2) is 8.39. The Morgan fingerprint density at radius 1 is 0.969 bits per heavy atom. The van der Waals surface area contributed by atoms with Gasteiger partial charge in [-0.25, -0.2) is 21.9 Å². The summed E-state index contributed by atoms with van der Waals surface area (Å²) in [5.74, 6) is -0.426. The van der Waals surface area contributed by atoms with Crippen LogP contribution in [0, 0.1) is 12.7 Å². The molecule has 7 heteroatoms. The summed E-state index contributed by atoms with van der Waals surface area (Å²) in [6.45, 7) is 5.47. The molecule has 1 saturated heterocycles. The largest absolute Gasteiger partial charge is 0.334 e. The van der Waals surface area contributed by atoms with Gasteiger partial charge in [-0.05, 0) is 67.3 Å². The lowest BCUT2D eigenvalue weighted by molar-refractivity contribution is 0.181. The van der Waals surface area contributed by atoms with E-state index in [2.05, 4.69) is 0 Å². The molecule has 1 unspecified atom stereocenters. The predicted molar refractivity (Wildman–Crippen MR) is 122 cm³/mol. The maximum absolute atomic E-state index is 14.7. The molecule has 1 fully saturated rings. The van der Waals surface area contributed by atoms with Crippen molar-refractivity contribution in [1.29, 1.82) is 0 Å². The molecule has 1 aliphatic heterocycles. The van der Waals surface area contributed by atoms with E-state index in [1.165, 1.54) is 29.2 Å². The van der Waals surface area contributed by atoms with Crippen molar-refractivity contribution in [2.75, 3.05) is 6.54 Å². The van der Waals surface area contributed by atoms with Crippen molar-refractivity contribution in [2.24, 2.45) is 0 Å². The van der Waals surface area contributed by atoms with Crippen LogP contribution in [-0.2, 0) is 10.0 Å². The van der Waals surface area contributed by atoms with Crippen molar-refractivity contribution in [3.63, 3.8) is 0 Å². The average Bonchev–Trinajstić information content (AvgIpc) is 3.14. The van der Waals surface area contributed by atoms with Crippen molar-refractivity contribution in [3.8, 4) is 11.1 Å². The lowest BCUT2D eigenvalue weighted by Crippen LogP contribution is -2.39. The van der Waals surface area contributed by atoms with Crippen LogP contribution in [0.3, 0.4) is 0 Å². The van der Waals surface area contributed by atoms with Crippen LogP contribution in [0.4, 0.5) is 9.18 Å². The Kier molecular flexibility index (Phi) is 5.77. The molecule has 0 radical (unpaired) electrons. The van der Waals surface area contributed by atoms with Crippen LogP contribution < -0.4 is 0 Å². The fourth-order valence-electron chi connectivity index (χ4n) is 4.30. The molecular weight excluding hydrogens is 427 g/mol. The molecule has 3 aromatic carbocycles. The summed E-state index contributed by atoms with van der Waals surface area (Å²) in [4.78, 5) is 14.9. The number of benzene rings is 3. The van der Waals surface area contributed by atoms with E-state index in [-0.39, 0.29) is 17.5 Å². The van der Waals surface area contributed by atoms with Crippen molar-refractivity contribution in [3.05, 3.63) is 89.7 Å². The van der Waals surface area contributed by atoms with Crippen LogP contribution in [-0.4, -0.2) is 36.2 Å². The third-order valence-electron chi connectivity index (χ3n) is 5.85. The molecule has 1 heterocycles. The minimum Gasteiger partial charge on any atom is -0.312 e. The maximum Gasteiger partial charge on any atom is 0.334 e. The van der Waals surface area contributed by atoms with Crippen LogP contribution in [0.15, 0.2) is 77.7 Å². The van der Waals surface area contributed by atoms with Gasteiger partial charge in [0.15, 0.2) is 0 Å². The Morgan fingerprint density at radius 3 is 2.16 bits per heavy atom. The highest BCUT2D eigenvalue weighted by Crippen LogP contribution is 2.39. The Morgan fingerprint density at radius 2 is 1.56 bits per heavy atom. The first kappa shape index (κ1) is 22.0. The molecule has 166 valence electrons. The monoisotopic (exact) mass is 452 g/mol. The summed E-state index contributed by atoms with van der Waals surface area (Å²) in [7, 11) is -4.03. The van der Waals surface area contributed by atoms with Gasteiger partial charge in [0.2, 0.25) is 0 Å². The van der Waals surface area contributed by atoms with Crippen LogP contribution in [0.1, 0.15) is 31.0 Å². The number of amides is 2. The zero-order chi connectivity index (χ0) is 23.0. The molecule has 0 spiro atoms. The number of carbonyl (C=O) groups is 1. The number of rotatable bonds is 5. The van der Waals surface area contributed by atoms with E-state index >= 15 is 0 Å². The fourth-order valence-corrected chi connectivity index (χ4v) is 5.69. The summed E-state index contributed by atoms with van der Waals surface area (Å²) in [5.41, 5.74) is 3.01. The van der Waals surface area contributed by atoms with Crippen LogP contribution in [0.2, 0.25) is 0 Å². The maximum atomic E-state index is 14.7. The van der Waals surface area contributed by atoms with Crippen molar-refractivity contribution in [1.82, 2.24) is 9.21 Å². The molecule has 5 nitrogen and oxygen atoms in total. The highest BCUT2D eigenvalue weighted by molar-refractivity contribution is 7.89. The summed E-state index contributed by atoms with van der Waals surface area (Å²) in [5, 5.41) is 0. The number of nitrogens with zero attached hydrogens (tertiary/aromatic N) is 2. The zero-order valence-corrected chi connectivity index (χ0v) is 19.0. The first-order valence-electron chi connectivity index (χ1n) is 10.5. The van der Waals surface area contributed by atoms with E-state index in [9.17, 15) is 17.6 Å². The molecule has 0 aliphatic carbocycles. The van der Waals surface area contributed by atoms with E-state index in [4.69, 9.17) is 0 Å². The van der Waals surface area contributed by atoms with Crippen LogP contribution >= 0.6 is 0 Å². The first-order valence-corrected chi connectivity index (χ1v) is 11.9. The van der Waals surface area contributed by atoms with Crippen molar-refractivity contribution >= 4 is 16.1 Å². The van der Waals surface area contributed by atoms with E-state index in [0.717, 1.165) is 21.0 Å². The number of sulfonamides is 1. The summed E-state index contributed by atoms with van der Waals surface area (Å²) in [6.07, 6.45) is 0. The summed E-state index contributed by atoms with van der Waals surface area (Å²) < 4.78 is 42.1. The molecule has 0 aromatic heterocycles. The third kappa shape index (κ3) is 3.77. The highest BCUT2D eigenvalue weighted by Gasteiger charge is 2.46. The molecule has 0 bridgehead atoms. The number of halogens is 1. The van der Waals surface area contributed by atoms with Gasteiger partial charge in [0.1, 0.15) is 5.82 Å². The van der Waals surface area contributed by atoms with Crippen LogP contribution in [0.5, 0.6) is 0 Å².